The lowest BCUT2D eigenvalue weighted by Gasteiger charge is -2.31. The fraction of sp³-hybridized carbons (Fsp3) is 0.250. The van der Waals surface area contributed by atoms with Crippen molar-refractivity contribution in [2.75, 3.05) is 11.9 Å². The Balaban J connectivity index is 1.71. The van der Waals surface area contributed by atoms with Crippen LogP contribution in [0.4, 0.5) is 19.0 Å². The number of nitrogens with two attached hydrogens (primary N) is 2. The smallest absolute Gasteiger partial charge is 0.416 e. The standard InChI is InChI=1S/C24H22F3N5O4/c1-11(21(28)34)30-19-9-16(22(29)35)31-23(32-19)13-4-7-15-18(8-13)36-10-17(33)20(15)12-2-5-14(6-3-12)24(25,26)27/h2-9,11,17,20,33H,10H2,1H3,(H2,28,34)(H2,29,35)(H,30,31,32). The van der Waals surface area contributed by atoms with Gasteiger partial charge in [-0.3, -0.25) is 9.59 Å². The number of halogens is 3. The quantitative estimate of drug-likeness (QED) is 0.405. The summed E-state index contributed by atoms with van der Waals surface area (Å²) in [5.74, 6) is -1.45. The number of benzene rings is 2. The second kappa shape index (κ2) is 9.46. The van der Waals surface area contributed by atoms with Crippen molar-refractivity contribution in [2.24, 2.45) is 11.5 Å². The average Bonchev–Trinajstić information content (AvgIpc) is 2.83. The summed E-state index contributed by atoms with van der Waals surface area (Å²) in [4.78, 5) is 31.7. The number of nitrogens with zero attached hydrogens (tertiary/aromatic N) is 2. The Labute approximate surface area is 203 Å². The van der Waals surface area contributed by atoms with E-state index in [1.54, 1.807) is 18.2 Å². The van der Waals surface area contributed by atoms with E-state index in [-0.39, 0.29) is 23.9 Å². The fourth-order valence-electron chi connectivity index (χ4n) is 3.88. The monoisotopic (exact) mass is 501 g/mol. The van der Waals surface area contributed by atoms with Crippen LogP contribution in [0, 0.1) is 0 Å². The van der Waals surface area contributed by atoms with Crippen molar-refractivity contribution in [3.63, 3.8) is 0 Å². The van der Waals surface area contributed by atoms with Crippen molar-refractivity contribution in [3.05, 3.63) is 70.9 Å². The van der Waals surface area contributed by atoms with Gasteiger partial charge in [0.15, 0.2) is 5.82 Å². The van der Waals surface area contributed by atoms with E-state index in [2.05, 4.69) is 15.3 Å². The van der Waals surface area contributed by atoms with Gasteiger partial charge in [-0.25, -0.2) is 9.97 Å². The summed E-state index contributed by atoms with van der Waals surface area (Å²) in [7, 11) is 0. The number of aliphatic hydroxyl groups excluding tert-OH is 1. The summed E-state index contributed by atoms with van der Waals surface area (Å²) in [5.41, 5.74) is 11.3. The highest BCUT2D eigenvalue weighted by Crippen LogP contribution is 2.41. The first kappa shape index (κ1) is 24.9. The lowest BCUT2D eigenvalue weighted by atomic mass is 9.84. The molecule has 0 fully saturated rings. The molecule has 0 spiro atoms. The van der Waals surface area contributed by atoms with Crippen molar-refractivity contribution in [1.82, 2.24) is 9.97 Å². The van der Waals surface area contributed by atoms with Crippen molar-refractivity contribution in [1.29, 1.82) is 0 Å². The van der Waals surface area contributed by atoms with Gasteiger partial charge >= 0.3 is 6.18 Å². The topological polar surface area (TPSA) is 153 Å². The molecule has 2 amide bonds. The molecule has 2 aromatic carbocycles. The van der Waals surface area contributed by atoms with E-state index in [4.69, 9.17) is 16.2 Å². The number of aromatic nitrogens is 2. The Morgan fingerprint density at radius 1 is 1.11 bits per heavy atom. The molecule has 9 nitrogen and oxygen atoms in total. The van der Waals surface area contributed by atoms with Crippen LogP contribution in [-0.4, -0.2) is 45.6 Å². The van der Waals surface area contributed by atoms with Gasteiger partial charge in [-0.2, -0.15) is 13.2 Å². The molecule has 0 saturated heterocycles. The van der Waals surface area contributed by atoms with Crippen molar-refractivity contribution < 1.29 is 32.6 Å². The lowest BCUT2D eigenvalue weighted by Crippen LogP contribution is -2.33. The molecule has 1 aliphatic rings. The van der Waals surface area contributed by atoms with Crippen LogP contribution in [0.2, 0.25) is 0 Å². The molecule has 188 valence electrons. The summed E-state index contributed by atoms with van der Waals surface area (Å²) in [6, 6.07) is 9.97. The molecule has 0 saturated carbocycles. The highest BCUT2D eigenvalue weighted by atomic mass is 19.4. The van der Waals surface area contributed by atoms with Crippen LogP contribution < -0.4 is 21.5 Å². The maximum Gasteiger partial charge on any atom is 0.416 e. The number of aliphatic hydroxyl groups is 1. The summed E-state index contributed by atoms with van der Waals surface area (Å²) in [6.07, 6.45) is -5.46. The van der Waals surface area contributed by atoms with Gasteiger partial charge in [-0.05, 0) is 30.7 Å². The van der Waals surface area contributed by atoms with E-state index in [9.17, 15) is 27.9 Å². The molecule has 36 heavy (non-hydrogen) atoms. The Morgan fingerprint density at radius 3 is 2.42 bits per heavy atom. The molecule has 3 unspecified atom stereocenters. The van der Waals surface area contributed by atoms with E-state index in [0.717, 1.165) is 12.1 Å². The zero-order valence-corrected chi connectivity index (χ0v) is 18.9. The normalized spacial score (nSPS) is 18.0. The zero-order chi connectivity index (χ0) is 26.2. The molecule has 0 radical (unpaired) electrons. The third kappa shape index (κ3) is 5.08. The lowest BCUT2D eigenvalue weighted by molar-refractivity contribution is -0.137. The molecule has 2 heterocycles. The number of nitrogens with one attached hydrogen (secondary N) is 1. The van der Waals surface area contributed by atoms with Crippen molar-refractivity contribution in [3.8, 4) is 17.1 Å². The van der Waals surface area contributed by atoms with Crippen LogP contribution in [0.3, 0.4) is 0 Å². The second-order valence-electron chi connectivity index (χ2n) is 8.32. The number of ether oxygens (including phenoxy) is 1. The molecule has 12 heteroatoms. The van der Waals surface area contributed by atoms with Crippen LogP contribution >= 0.6 is 0 Å². The first-order valence-electron chi connectivity index (χ1n) is 10.8. The Morgan fingerprint density at radius 2 is 1.81 bits per heavy atom. The number of anilines is 1. The van der Waals surface area contributed by atoms with Gasteiger partial charge in [0.1, 0.15) is 29.9 Å². The molecule has 0 bridgehead atoms. The van der Waals surface area contributed by atoms with Crippen molar-refractivity contribution >= 4 is 17.6 Å². The number of amides is 2. The van der Waals surface area contributed by atoms with Gasteiger partial charge in [0.25, 0.3) is 5.91 Å². The highest BCUT2D eigenvalue weighted by molar-refractivity contribution is 5.92. The van der Waals surface area contributed by atoms with Crippen LogP contribution in [-0.2, 0) is 11.0 Å². The van der Waals surface area contributed by atoms with Gasteiger partial charge in [0.2, 0.25) is 5.91 Å². The molecule has 1 aliphatic heterocycles. The van der Waals surface area contributed by atoms with E-state index in [1.807, 2.05) is 0 Å². The summed E-state index contributed by atoms with van der Waals surface area (Å²) < 4.78 is 44.6. The fourth-order valence-corrected chi connectivity index (χ4v) is 3.88. The highest BCUT2D eigenvalue weighted by Gasteiger charge is 2.34. The van der Waals surface area contributed by atoms with E-state index in [0.29, 0.717) is 22.4 Å². The first-order valence-corrected chi connectivity index (χ1v) is 10.8. The SMILES string of the molecule is CC(Nc1cc(C(N)=O)nc(-c2ccc3c(c2)OCC(O)C3c2ccc(C(F)(F)F)cc2)n1)C(N)=O. The summed E-state index contributed by atoms with van der Waals surface area (Å²) in [6.45, 7) is 1.43. The van der Waals surface area contributed by atoms with Crippen LogP contribution in [0.15, 0.2) is 48.5 Å². The second-order valence-corrected chi connectivity index (χ2v) is 8.32. The molecule has 4 rings (SSSR count). The molecule has 6 N–H and O–H groups in total. The summed E-state index contributed by atoms with van der Waals surface area (Å²) >= 11 is 0. The van der Waals surface area contributed by atoms with Crippen LogP contribution in [0.25, 0.3) is 11.4 Å². The van der Waals surface area contributed by atoms with E-state index < -0.39 is 41.6 Å². The molecular formula is C24H22F3N5O4. The molecule has 3 atom stereocenters. The zero-order valence-electron chi connectivity index (χ0n) is 18.9. The van der Waals surface area contributed by atoms with Gasteiger partial charge in [0.05, 0.1) is 11.7 Å². The molecule has 1 aromatic heterocycles. The third-order valence-corrected chi connectivity index (χ3v) is 5.77. The first-order chi connectivity index (χ1) is 16.9. The number of hydrogen-bond donors (Lipinski definition) is 4. The number of carbonyl (C=O) groups excluding carboxylic acids is 2. The predicted octanol–water partition coefficient (Wildman–Crippen LogP) is 2.43. The third-order valence-electron chi connectivity index (χ3n) is 5.77. The minimum Gasteiger partial charge on any atom is -0.491 e. The number of carbonyl (C=O) groups is 2. The molecular weight excluding hydrogens is 479 g/mol. The summed E-state index contributed by atoms with van der Waals surface area (Å²) in [5, 5.41) is 13.4. The van der Waals surface area contributed by atoms with Crippen LogP contribution in [0.5, 0.6) is 5.75 Å². The van der Waals surface area contributed by atoms with Gasteiger partial charge in [-0.1, -0.05) is 24.3 Å². The molecule has 3 aromatic rings. The molecule has 0 aliphatic carbocycles. The Hall–Kier alpha value is -4.19. The number of fused-ring (bicyclic) bond motifs is 1. The number of hydrogen-bond acceptors (Lipinski definition) is 7. The van der Waals surface area contributed by atoms with Gasteiger partial charge < -0.3 is 26.6 Å². The maximum atomic E-state index is 13.0. The minimum absolute atomic E-state index is 0.0900. The largest absolute Gasteiger partial charge is 0.491 e. The van der Waals surface area contributed by atoms with E-state index in [1.165, 1.54) is 25.1 Å². The maximum absolute atomic E-state index is 13.0. The minimum atomic E-state index is -4.47. The van der Waals surface area contributed by atoms with Gasteiger partial charge in [-0.15, -0.1) is 0 Å². The number of rotatable bonds is 6. The Kier molecular flexibility index (Phi) is 6.55. The predicted molar refractivity (Wildman–Crippen MR) is 123 cm³/mol. The van der Waals surface area contributed by atoms with Crippen molar-refractivity contribution in [2.45, 2.75) is 31.2 Å². The number of primary amides is 2. The number of alkyl halides is 3. The van der Waals surface area contributed by atoms with Crippen LogP contribution in [0.1, 0.15) is 40.0 Å². The van der Waals surface area contributed by atoms with E-state index >= 15 is 0 Å². The Bertz CT molecular complexity index is 1310. The average molecular weight is 501 g/mol. The van der Waals surface area contributed by atoms with Gasteiger partial charge in [0, 0.05) is 23.1 Å².